The minimum atomic E-state index is 0.631. The second-order valence-corrected chi connectivity index (χ2v) is 5.16. The van der Waals surface area contributed by atoms with Gasteiger partial charge in [-0.1, -0.05) is 19.8 Å². The fourth-order valence-corrected chi connectivity index (χ4v) is 2.76. The SMILES string of the molecule is CCC(CCc1ccn(C2CCCC2)n1)NC. The molecule has 1 aliphatic rings. The van der Waals surface area contributed by atoms with Crippen molar-refractivity contribution in [3.05, 3.63) is 18.0 Å². The summed E-state index contributed by atoms with van der Waals surface area (Å²) in [6.45, 7) is 2.23. The van der Waals surface area contributed by atoms with Crippen molar-refractivity contribution < 1.29 is 0 Å². The molecule has 0 aliphatic heterocycles. The van der Waals surface area contributed by atoms with E-state index < -0.39 is 0 Å². The van der Waals surface area contributed by atoms with Gasteiger partial charge in [0.15, 0.2) is 0 Å². The Labute approximate surface area is 105 Å². The van der Waals surface area contributed by atoms with Gasteiger partial charge in [-0.15, -0.1) is 0 Å². The van der Waals surface area contributed by atoms with Crippen LogP contribution in [0.2, 0.25) is 0 Å². The first-order chi connectivity index (χ1) is 8.33. The molecular formula is C14H25N3. The van der Waals surface area contributed by atoms with E-state index in [0.717, 1.165) is 6.42 Å². The molecule has 1 fully saturated rings. The van der Waals surface area contributed by atoms with E-state index in [1.54, 1.807) is 0 Å². The number of hydrogen-bond acceptors (Lipinski definition) is 2. The van der Waals surface area contributed by atoms with Crippen molar-refractivity contribution in [1.82, 2.24) is 15.1 Å². The molecule has 0 bridgehead atoms. The fraction of sp³-hybridized carbons (Fsp3) is 0.786. The highest BCUT2D eigenvalue weighted by atomic mass is 15.3. The average Bonchev–Trinajstić information content (AvgIpc) is 3.01. The molecule has 0 spiro atoms. The van der Waals surface area contributed by atoms with Crippen LogP contribution >= 0.6 is 0 Å². The summed E-state index contributed by atoms with van der Waals surface area (Å²) in [6.07, 6.45) is 11.0. The summed E-state index contributed by atoms with van der Waals surface area (Å²) in [5.74, 6) is 0. The molecule has 1 heterocycles. The Hall–Kier alpha value is -0.830. The third-order valence-electron chi connectivity index (χ3n) is 4.01. The van der Waals surface area contributed by atoms with Crippen LogP contribution < -0.4 is 5.32 Å². The quantitative estimate of drug-likeness (QED) is 0.821. The van der Waals surface area contributed by atoms with Crippen molar-refractivity contribution in [3.8, 4) is 0 Å². The molecule has 17 heavy (non-hydrogen) atoms. The van der Waals surface area contributed by atoms with Crippen LogP contribution in [0.25, 0.3) is 0 Å². The van der Waals surface area contributed by atoms with Gasteiger partial charge in [0.25, 0.3) is 0 Å². The summed E-state index contributed by atoms with van der Waals surface area (Å²) in [4.78, 5) is 0. The van der Waals surface area contributed by atoms with Crippen molar-refractivity contribution in [3.63, 3.8) is 0 Å². The van der Waals surface area contributed by atoms with Crippen molar-refractivity contribution >= 4 is 0 Å². The van der Waals surface area contributed by atoms with Gasteiger partial charge in [0.05, 0.1) is 11.7 Å². The molecule has 96 valence electrons. The van der Waals surface area contributed by atoms with E-state index in [1.807, 2.05) is 7.05 Å². The largest absolute Gasteiger partial charge is 0.317 e. The molecule has 1 aromatic heterocycles. The number of aromatic nitrogens is 2. The number of rotatable bonds is 6. The third-order valence-corrected chi connectivity index (χ3v) is 4.01. The van der Waals surface area contributed by atoms with Crippen LogP contribution in [0, 0.1) is 0 Å². The fourth-order valence-electron chi connectivity index (χ4n) is 2.76. The molecule has 3 heteroatoms. The molecule has 1 saturated carbocycles. The smallest absolute Gasteiger partial charge is 0.0625 e. The van der Waals surface area contributed by atoms with E-state index in [0.29, 0.717) is 12.1 Å². The zero-order valence-corrected chi connectivity index (χ0v) is 11.2. The van der Waals surface area contributed by atoms with Gasteiger partial charge >= 0.3 is 0 Å². The Balaban J connectivity index is 1.85. The normalized spacial score (nSPS) is 18.7. The zero-order valence-electron chi connectivity index (χ0n) is 11.2. The molecule has 1 aliphatic carbocycles. The highest BCUT2D eigenvalue weighted by Gasteiger charge is 2.17. The van der Waals surface area contributed by atoms with Crippen molar-refractivity contribution in [2.75, 3.05) is 7.05 Å². The minimum Gasteiger partial charge on any atom is -0.317 e. The molecule has 0 radical (unpaired) electrons. The van der Waals surface area contributed by atoms with Crippen molar-refractivity contribution in [1.29, 1.82) is 0 Å². The van der Waals surface area contributed by atoms with E-state index in [9.17, 15) is 0 Å². The first kappa shape index (κ1) is 12.6. The van der Waals surface area contributed by atoms with E-state index in [4.69, 9.17) is 5.10 Å². The Morgan fingerprint density at radius 1 is 1.47 bits per heavy atom. The Morgan fingerprint density at radius 2 is 2.24 bits per heavy atom. The molecule has 0 amide bonds. The summed E-state index contributed by atoms with van der Waals surface area (Å²) in [5, 5.41) is 8.07. The third kappa shape index (κ3) is 3.32. The topological polar surface area (TPSA) is 29.9 Å². The Bertz CT molecular complexity index is 322. The monoisotopic (exact) mass is 235 g/mol. The summed E-state index contributed by atoms with van der Waals surface area (Å²) in [6, 6.07) is 3.50. The summed E-state index contributed by atoms with van der Waals surface area (Å²) >= 11 is 0. The average molecular weight is 235 g/mol. The van der Waals surface area contributed by atoms with Crippen molar-refractivity contribution in [2.45, 2.75) is 64.0 Å². The first-order valence-corrected chi connectivity index (χ1v) is 7.04. The van der Waals surface area contributed by atoms with Gasteiger partial charge in [-0.25, -0.2) is 0 Å². The minimum absolute atomic E-state index is 0.631. The molecule has 0 aromatic carbocycles. The lowest BCUT2D eigenvalue weighted by atomic mass is 10.1. The summed E-state index contributed by atoms with van der Waals surface area (Å²) in [5.41, 5.74) is 1.26. The van der Waals surface area contributed by atoms with Gasteiger partial charge in [-0.2, -0.15) is 5.10 Å². The number of hydrogen-bond donors (Lipinski definition) is 1. The molecule has 1 aromatic rings. The van der Waals surface area contributed by atoms with Gasteiger partial charge in [0.2, 0.25) is 0 Å². The van der Waals surface area contributed by atoms with Crippen LogP contribution in [0.4, 0.5) is 0 Å². The molecule has 2 rings (SSSR count). The summed E-state index contributed by atoms with van der Waals surface area (Å²) in [7, 11) is 2.05. The lowest BCUT2D eigenvalue weighted by Gasteiger charge is -2.12. The second kappa shape index (κ2) is 6.20. The maximum absolute atomic E-state index is 4.72. The summed E-state index contributed by atoms with van der Waals surface area (Å²) < 4.78 is 2.20. The molecule has 1 N–H and O–H groups in total. The molecule has 1 unspecified atom stereocenters. The second-order valence-electron chi connectivity index (χ2n) is 5.16. The lowest BCUT2D eigenvalue weighted by Crippen LogP contribution is -2.24. The highest BCUT2D eigenvalue weighted by molar-refractivity contribution is 5.01. The van der Waals surface area contributed by atoms with Crippen LogP contribution in [-0.2, 0) is 6.42 Å². The predicted molar refractivity (Wildman–Crippen MR) is 71.2 cm³/mol. The standard InChI is InChI=1S/C14H25N3/c1-3-12(15-2)8-9-13-10-11-17(16-13)14-6-4-5-7-14/h10-12,14-15H,3-9H2,1-2H3. The zero-order chi connectivity index (χ0) is 12.1. The number of nitrogens with zero attached hydrogens (tertiary/aromatic N) is 2. The first-order valence-electron chi connectivity index (χ1n) is 7.04. The number of aryl methyl sites for hydroxylation is 1. The predicted octanol–water partition coefficient (Wildman–Crippen LogP) is 2.93. The van der Waals surface area contributed by atoms with E-state index >= 15 is 0 Å². The molecule has 3 nitrogen and oxygen atoms in total. The van der Waals surface area contributed by atoms with Gasteiger partial charge in [0.1, 0.15) is 0 Å². The molecular weight excluding hydrogens is 210 g/mol. The molecule has 1 atom stereocenters. The van der Waals surface area contributed by atoms with Crippen molar-refractivity contribution in [2.24, 2.45) is 0 Å². The van der Waals surface area contributed by atoms with Crippen LogP contribution in [0.5, 0.6) is 0 Å². The Morgan fingerprint density at radius 3 is 2.88 bits per heavy atom. The molecule has 0 saturated heterocycles. The lowest BCUT2D eigenvalue weighted by molar-refractivity contribution is 0.457. The van der Waals surface area contributed by atoms with E-state index in [1.165, 1.54) is 44.2 Å². The van der Waals surface area contributed by atoms with Gasteiger partial charge < -0.3 is 5.32 Å². The van der Waals surface area contributed by atoms with Crippen LogP contribution in [-0.4, -0.2) is 22.9 Å². The van der Waals surface area contributed by atoms with Gasteiger partial charge in [-0.05, 0) is 45.2 Å². The van der Waals surface area contributed by atoms with Crippen LogP contribution in [0.15, 0.2) is 12.3 Å². The van der Waals surface area contributed by atoms with E-state index in [2.05, 4.69) is 29.2 Å². The maximum Gasteiger partial charge on any atom is 0.0625 e. The van der Waals surface area contributed by atoms with E-state index in [-0.39, 0.29) is 0 Å². The van der Waals surface area contributed by atoms with Gasteiger partial charge in [0, 0.05) is 12.2 Å². The number of nitrogens with one attached hydrogen (secondary N) is 1. The maximum atomic E-state index is 4.72. The highest BCUT2D eigenvalue weighted by Crippen LogP contribution is 2.28. The van der Waals surface area contributed by atoms with Gasteiger partial charge in [-0.3, -0.25) is 4.68 Å². The van der Waals surface area contributed by atoms with Crippen LogP contribution in [0.1, 0.15) is 57.2 Å². The van der Waals surface area contributed by atoms with Crippen LogP contribution in [0.3, 0.4) is 0 Å². The Kier molecular flexibility index (Phi) is 4.60.